The normalized spacial score (nSPS) is 14.0. The van der Waals surface area contributed by atoms with E-state index in [4.69, 9.17) is 0 Å². The fourth-order valence-electron chi connectivity index (χ4n) is 3.22. The Kier molecular flexibility index (Phi) is 6.94. The molecule has 0 bridgehead atoms. The lowest BCUT2D eigenvalue weighted by molar-refractivity contribution is 0.0746. The molecule has 1 N–H and O–H groups in total. The summed E-state index contributed by atoms with van der Waals surface area (Å²) in [5.74, 6) is 0.634. The zero-order valence-electron chi connectivity index (χ0n) is 16.3. The second-order valence-electron chi connectivity index (χ2n) is 6.86. The molecule has 7 heteroatoms. The molecule has 0 unspecified atom stereocenters. The van der Waals surface area contributed by atoms with Crippen LogP contribution in [0, 0.1) is 0 Å². The van der Waals surface area contributed by atoms with E-state index in [9.17, 15) is 9.59 Å². The number of piperazine rings is 1. The third-order valence-electron chi connectivity index (χ3n) is 4.85. The summed E-state index contributed by atoms with van der Waals surface area (Å²) in [5, 5.41) is 2.86. The number of unbranched alkanes of at least 4 members (excludes halogenated alkanes) is 2. The molecule has 0 aromatic carbocycles. The van der Waals surface area contributed by atoms with Crippen LogP contribution in [-0.2, 0) is 0 Å². The second-order valence-corrected chi connectivity index (χ2v) is 6.86. The van der Waals surface area contributed by atoms with Gasteiger partial charge in [-0.25, -0.2) is 4.98 Å². The smallest absolute Gasteiger partial charge is 0.269 e. The maximum Gasteiger partial charge on any atom is 0.269 e. The highest BCUT2D eigenvalue weighted by Gasteiger charge is 2.23. The average Bonchev–Trinajstić information content (AvgIpc) is 2.77. The Morgan fingerprint density at radius 1 is 1.04 bits per heavy atom. The Balaban J connectivity index is 1.57. The molecule has 1 aliphatic rings. The van der Waals surface area contributed by atoms with Crippen molar-refractivity contribution in [3.8, 4) is 0 Å². The SMILES string of the molecule is CCCCCNC(=O)c1cc(C(=O)N2CCN(c3ccccn3)CC2)ccn1. The number of hydrogen-bond acceptors (Lipinski definition) is 5. The van der Waals surface area contributed by atoms with E-state index < -0.39 is 0 Å². The first kappa shape index (κ1) is 19.8. The van der Waals surface area contributed by atoms with Crippen molar-refractivity contribution in [3.05, 3.63) is 54.0 Å². The molecule has 1 aliphatic heterocycles. The van der Waals surface area contributed by atoms with Gasteiger partial charge in [0.2, 0.25) is 0 Å². The van der Waals surface area contributed by atoms with Gasteiger partial charge < -0.3 is 15.1 Å². The van der Waals surface area contributed by atoms with Crippen molar-refractivity contribution in [3.63, 3.8) is 0 Å². The number of hydrogen-bond donors (Lipinski definition) is 1. The standard InChI is InChI=1S/C21H27N5O2/c1-2-3-5-10-24-20(27)18-16-17(8-11-22-18)21(28)26-14-12-25(13-15-26)19-7-4-6-9-23-19/h4,6-9,11,16H,2-3,5,10,12-15H2,1H3,(H,24,27). The molecule has 1 fully saturated rings. The topological polar surface area (TPSA) is 78.4 Å². The van der Waals surface area contributed by atoms with Crippen molar-refractivity contribution >= 4 is 17.6 Å². The molecule has 148 valence electrons. The van der Waals surface area contributed by atoms with Gasteiger partial charge in [-0.1, -0.05) is 25.8 Å². The van der Waals surface area contributed by atoms with Gasteiger partial charge in [-0.2, -0.15) is 0 Å². The molecule has 0 saturated carbocycles. The fourth-order valence-corrected chi connectivity index (χ4v) is 3.22. The number of carbonyl (C=O) groups is 2. The van der Waals surface area contributed by atoms with Crippen LogP contribution < -0.4 is 10.2 Å². The monoisotopic (exact) mass is 381 g/mol. The molecule has 0 spiro atoms. The number of nitrogens with one attached hydrogen (secondary N) is 1. The molecule has 2 aromatic rings. The van der Waals surface area contributed by atoms with E-state index in [2.05, 4.69) is 27.1 Å². The Morgan fingerprint density at radius 3 is 2.57 bits per heavy atom. The average molecular weight is 381 g/mol. The Morgan fingerprint density at radius 2 is 1.86 bits per heavy atom. The van der Waals surface area contributed by atoms with Crippen molar-refractivity contribution in [2.24, 2.45) is 0 Å². The van der Waals surface area contributed by atoms with Gasteiger partial charge in [0.15, 0.2) is 0 Å². The van der Waals surface area contributed by atoms with Crippen molar-refractivity contribution in [1.82, 2.24) is 20.2 Å². The van der Waals surface area contributed by atoms with Gasteiger partial charge in [0.1, 0.15) is 11.5 Å². The van der Waals surface area contributed by atoms with Crippen LogP contribution in [0.3, 0.4) is 0 Å². The number of amides is 2. The van der Waals surface area contributed by atoms with Crippen LogP contribution in [-0.4, -0.2) is 59.4 Å². The van der Waals surface area contributed by atoms with E-state index in [0.29, 0.717) is 25.2 Å². The first-order chi connectivity index (χ1) is 13.7. The van der Waals surface area contributed by atoms with Crippen molar-refractivity contribution in [2.45, 2.75) is 26.2 Å². The molecule has 7 nitrogen and oxygen atoms in total. The molecule has 0 atom stereocenters. The van der Waals surface area contributed by atoms with Crippen molar-refractivity contribution in [1.29, 1.82) is 0 Å². The second kappa shape index (κ2) is 9.82. The lowest BCUT2D eigenvalue weighted by atomic mass is 10.1. The first-order valence-electron chi connectivity index (χ1n) is 9.88. The molecule has 2 aromatic heterocycles. The highest BCUT2D eigenvalue weighted by Crippen LogP contribution is 2.15. The zero-order chi connectivity index (χ0) is 19.8. The number of nitrogens with zero attached hydrogens (tertiary/aromatic N) is 4. The number of rotatable bonds is 7. The van der Waals surface area contributed by atoms with Gasteiger partial charge in [-0.15, -0.1) is 0 Å². The number of carbonyl (C=O) groups excluding carboxylic acids is 2. The lowest BCUT2D eigenvalue weighted by Gasteiger charge is -2.35. The third-order valence-corrected chi connectivity index (χ3v) is 4.85. The van der Waals surface area contributed by atoms with Gasteiger partial charge >= 0.3 is 0 Å². The van der Waals surface area contributed by atoms with Crippen LogP contribution in [0.5, 0.6) is 0 Å². The van der Waals surface area contributed by atoms with Crippen LogP contribution in [0.2, 0.25) is 0 Å². The summed E-state index contributed by atoms with van der Waals surface area (Å²) in [5.41, 5.74) is 0.787. The molecule has 1 saturated heterocycles. The Bertz CT molecular complexity index is 788. The Hall–Kier alpha value is -2.96. The van der Waals surface area contributed by atoms with Gasteiger partial charge in [-0.3, -0.25) is 14.6 Å². The summed E-state index contributed by atoms with van der Waals surface area (Å²) >= 11 is 0. The predicted molar refractivity (Wildman–Crippen MR) is 108 cm³/mol. The zero-order valence-corrected chi connectivity index (χ0v) is 16.3. The van der Waals surface area contributed by atoms with E-state index in [1.807, 2.05) is 23.1 Å². The summed E-state index contributed by atoms with van der Waals surface area (Å²) in [7, 11) is 0. The van der Waals surface area contributed by atoms with E-state index in [1.54, 1.807) is 18.3 Å². The van der Waals surface area contributed by atoms with E-state index in [-0.39, 0.29) is 17.5 Å². The molecule has 0 aliphatic carbocycles. The quantitative estimate of drug-likeness (QED) is 0.745. The van der Waals surface area contributed by atoms with Crippen LogP contribution in [0.1, 0.15) is 47.0 Å². The van der Waals surface area contributed by atoms with Gasteiger partial charge in [0.05, 0.1) is 0 Å². The molecule has 3 rings (SSSR count). The molecule has 28 heavy (non-hydrogen) atoms. The maximum absolute atomic E-state index is 12.8. The molecular weight excluding hydrogens is 354 g/mol. The van der Waals surface area contributed by atoms with Crippen LogP contribution in [0.4, 0.5) is 5.82 Å². The first-order valence-corrected chi connectivity index (χ1v) is 9.88. The summed E-state index contributed by atoms with van der Waals surface area (Å²) in [6, 6.07) is 9.09. The highest BCUT2D eigenvalue weighted by atomic mass is 16.2. The summed E-state index contributed by atoms with van der Waals surface area (Å²) < 4.78 is 0. The number of pyridine rings is 2. The molecule has 0 radical (unpaired) electrons. The van der Waals surface area contributed by atoms with Crippen LogP contribution >= 0.6 is 0 Å². The third kappa shape index (κ3) is 5.06. The largest absolute Gasteiger partial charge is 0.353 e. The Labute approximate surface area is 165 Å². The van der Waals surface area contributed by atoms with Crippen molar-refractivity contribution in [2.75, 3.05) is 37.6 Å². The molecule has 3 heterocycles. The highest BCUT2D eigenvalue weighted by molar-refractivity contribution is 5.98. The minimum Gasteiger partial charge on any atom is -0.353 e. The van der Waals surface area contributed by atoms with E-state index >= 15 is 0 Å². The minimum atomic E-state index is -0.231. The van der Waals surface area contributed by atoms with Crippen LogP contribution in [0.25, 0.3) is 0 Å². The van der Waals surface area contributed by atoms with Crippen LogP contribution in [0.15, 0.2) is 42.7 Å². The maximum atomic E-state index is 12.8. The fraction of sp³-hybridized carbons (Fsp3) is 0.429. The minimum absolute atomic E-state index is 0.0666. The summed E-state index contributed by atoms with van der Waals surface area (Å²) in [6.45, 7) is 5.46. The molecule has 2 amide bonds. The number of aromatic nitrogens is 2. The molecular formula is C21H27N5O2. The number of anilines is 1. The van der Waals surface area contributed by atoms with Crippen molar-refractivity contribution < 1.29 is 9.59 Å². The summed E-state index contributed by atoms with van der Waals surface area (Å²) in [4.78, 5) is 37.6. The predicted octanol–water partition coefficient (Wildman–Crippen LogP) is 2.36. The summed E-state index contributed by atoms with van der Waals surface area (Å²) in [6.07, 6.45) is 6.43. The van der Waals surface area contributed by atoms with E-state index in [1.165, 1.54) is 6.20 Å². The van der Waals surface area contributed by atoms with Gasteiger partial charge in [0.25, 0.3) is 11.8 Å². The van der Waals surface area contributed by atoms with E-state index in [0.717, 1.165) is 38.2 Å². The van der Waals surface area contributed by atoms with Gasteiger partial charge in [0, 0.05) is 50.7 Å². The lowest BCUT2D eigenvalue weighted by Crippen LogP contribution is -2.49. The van der Waals surface area contributed by atoms with Gasteiger partial charge in [-0.05, 0) is 30.7 Å².